The van der Waals surface area contributed by atoms with E-state index in [9.17, 15) is 14.4 Å². The van der Waals surface area contributed by atoms with Crippen LogP contribution in [0.15, 0.2) is 89.2 Å². The van der Waals surface area contributed by atoms with Gasteiger partial charge < -0.3 is 15.7 Å². The summed E-state index contributed by atoms with van der Waals surface area (Å²) in [5.41, 5.74) is 2.34. The molecule has 1 aromatic heterocycles. The minimum atomic E-state index is -1.19. The fraction of sp³-hybridized carbons (Fsp3) is 0.0400. The van der Waals surface area contributed by atoms with Gasteiger partial charge in [0.25, 0.3) is 0 Å². The number of fused-ring (bicyclic) bond motifs is 1. The number of rotatable bonds is 8. The van der Waals surface area contributed by atoms with Crippen LogP contribution >= 0.6 is 23.1 Å². The lowest BCUT2D eigenvalue weighted by molar-refractivity contribution is -0.131. The van der Waals surface area contributed by atoms with Crippen LogP contribution < -0.4 is 10.6 Å². The lowest BCUT2D eigenvalue weighted by Crippen LogP contribution is -2.13. The summed E-state index contributed by atoms with van der Waals surface area (Å²) in [7, 11) is 0. The van der Waals surface area contributed by atoms with E-state index >= 15 is 0 Å². The first-order chi connectivity index (χ1) is 16.5. The van der Waals surface area contributed by atoms with E-state index in [1.165, 1.54) is 23.1 Å². The van der Waals surface area contributed by atoms with Crippen molar-refractivity contribution in [3.8, 4) is 11.3 Å². The van der Waals surface area contributed by atoms with Gasteiger partial charge in [-0.1, -0.05) is 36.4 Å². The Bertz CT molecular complexity index is 1380. The standard InChI is InChI=1S/C25H19N3O4S2/c29-22(11-12-24(31)32)26-19-7-9-20(10-8-19)33-15-23(30)28-25-27-21(14-34-25)18-6-5-16-3-1-2-4-17(16)13-18/h1-14H,15H2,(H,26,29)(H,31,32)(H,27,28,30)/b12-11+. The van der Waals surface area contributed by atoms with Crippen molar-refractivity contribution in [1.29, 1.82) is 0 Å². The molecule has 4 aromatic rings. The van der Waals surface area contributed by atoms with Crippen molar-refractivity contribution in [3.63, 3.8) is 0 Å². The van der Waals surface area contributed by atoms with Gasteiger partial charge in [0, 0.05) is 33.7 Å². The molecule has 0 radical (unpaired) electrons. The maximum Gasteiger partial charge on any atom is 0.328 e. The van der Waals surface area contributed by atoms with Crippen molar-refractivity contribution < 1.29 is 19.5 Å². The predicted molar refractivity (Wildman–Crippen MR) is 136 cm³/mol. The van der Waals surface area contributed by atoms with Crippen molar-refractivity contribution >= 4 is 62.5 Å². The number of nitrogens with one attached hydrogen (secondary N) is 2. The molecule has 0 aliphatic carbocycles. The Kier molecular flexibility index (Phi) is 7.36. The van der Waals surface area contributed by atoms with Gasteiger partial charge in [0.15, 0.2) is 5.13 Å². The first-order valence-electron chi connectivity index (χ1n) is 10.2. The zero-order valence-electron chi connectivity index (χ0n) is 17.7. The smallest absolute Gasteiger partial charge is 0.328 e. The molecular formula is C25H19N3O4S2. The van der Waals surface area contributed by atoms with Crippen LogP contribution in [0, 0.1) is 0 Å². The van der Waals surface area contributed by atoms with E-state index in [1.54, 1.807) is 24.3 Å². The van der Waals surface area contributed by atoms with Gasteiger partial charge in [-0.05, 0) is 41.1 Å². The average molecular weight is 490 g/mol. The van der Waals surface area contributed by atoms with Gasteiger partial charge in [0.1, 0.15) is 0 Å². The fourth-order valence-corrected chi connectivity index (χ4v) is 4.52. The lowest BCUT2D eigenvalue weighted by Gasteiger charge is -2.05. The number of aromatic nitrogens is 1. The number of hydrogen-bond acceptors (Lipinski definition) is 6. The van der Waals surface area contributed by atoms with Crippen molar-refractivity contribution in [1.82, 2.24) is 4.98 Å². The van der Waals surface area contributed by atoms with Crippen molar-refractivity contribution in [3.05, 3.63) is 84.3 Å². The molecule has 4 rings (SSSR count). The third-order valence-electron chi connectivity index (χ3n) is 4.66. The van der Waals surface area contributed by atoms with Gasteiger partial charge >= 0.3 is 5.97 Å². The Balaban J connectivity index is 1.29. The molecule has 34 heavy (non-hydrogen) atoms. The Morgan fingerprint density at radius 3 is 2.47 bits per heavy atom. The van der Waals surface area contributed by atoms with Crippen LogP contribution in [0.4, 0.5) is 10.8 Å². The monoisotopic (exact) mass is 489 g/mol. The molecule has 170 valence electrons. The third-order valence-corrected chi connectivity index (χ3v) is 6.43. The number of nitrogens with zero attached hydrogens (tertiary/aromatic N) is 1. The summed E-state index contributed by atoms with van der Waals surface area (Å²) >= 11 is 2.73. The summed E-state index contributed by atoms with van der Waals surface area (Å²) < 4.78 is 0. The molecule has 1 heterocycles. The Morgan fingerprint density at radius 2 is 1.71 bits per heavy atom. The number of thiazole rings is 1. The maximum atomic E-state index is 12.4. The highest BCUT2D eigenvalue weighted by molar-refractivity contribution is 8.00. The summed E-state index contributed by atoms with van der Waals surface area (Å²) in [4.78, 5) is 39.8. The van der Waals surface area contributed by atoms with Crippen LogP contribution in [0.25, 0.3) is 22.0 Å². The highest BCUT2D eigenvalue weighted by atomic mass is 32.2. The molecule has 0 bridgehead atoms. The topological polar surface area (TPSA) is 108 Å². The molecule has 0 aliphatic rings. The van der Waals surface area contributed by atoms with E-state index in [4.69, 9.17) is 5.11 Å². The SMILES string of the molecule is O=C(O)/C=C/C(=O)Nc1ccc(SCC(=O)Nc2nc(-c3ccc4ccccc4c3)cs2)cc1. The molecule has 9 heteroatoms. The van der Waals surface area contributed by atoms with Crippen LogP contribution in [0.5, 0.6) is 0 Å². The quantitative estimate of drug-likeness (QED) is 0.230. The van der Waals surface area contributed by atoms with Crippen LogP contribution in [0.2, 0.25) is 0 Å². The van der Waals surface area contributed by atoms with E-state index in [0.29, 0.717) is 10.8 Å². The molecule has 0 aliphatic heterocycles. The van der Waals surface area contributed by atoms with Crippen molar-refractivity contribution in [2.45, 2.75) is 4.90 Å². The number of carbonyl (C=O) groups is 3. The molecule has 0 spiro atoms. The minimum Gasteiger partial charge on any atom is -0.478 e. The normalized spacial score (nSPS) is 10.9. The predicted octanol–water partition coefficient (Wildman–Crippen LogP) is 5.27. The first-order valence-corrected chi connectivity index (χ1v) is 12.0. The number of thioether (sulfide) groups is 1. The third kappa shape index (κ3) is 6.31. The fourth-order valence-electron chi connectivity index (χ4n) is 3.08. The number of carboxylic acids is 1. The lowest BCUT2D eigenvalue weighted by atomic mass is 10.1. The zero-order chi connectivity index (χ0) is 23.9. The summed E-state index contributed by atoms with van der Waals surface area (Å²) in [5.74, 6) is -1.69. The number of carbonyl (C=O) groups excluding carboxylic acids is 2. The zero-order valence-corrected chi connectivity index (χ0v) is 19.4. The number of amides is 2. The van der Waals surface area contributed by atoms with Gasteiger partial charge in [-0.2, -0.15) is 0 Å². The highest BCUT2D eigenvalue weighted by Crippen LogP contribution is 2.28. The van der Waals surface area contributed by atoms with Crippen LogP contribution in [0.1, 0.15) is 0 Å². The van der Waals surface area contributed by atoms with E-state index in [1.807, 2.05) is 23.6 Å². The largest absolute Gasteiger partial charge is 0.478 e. The van der Waals surface area contributed by atoms with Gasteiger partial charge in [0.05, 0.1) is 11.4 Å². The minimum absolute atomic E-state index is 0.166. The highest BCUT2D eigenvalue weighted by Gasteiger charge is 2.10. The maximum absolute atomic E-state index is 12.4. The van der Waals surface area contributed by atoms with E-state index in [2.05, 4.69) is 39.9 Å². The van der Waals surface area contributed by atoms with Gasteiger partial charge in [-0.15, -0.1) is 23.1 Å². The summed E-state index contributed by atoms with van der Waals surface area (Å²) in [6.45, 7) is 0. The molecular weight excluding hydrogens is 470 g/mol. The van der Waals surface area contributed by atoms with Gasteiger partial charge in [-0.3, -0.25) is 9.59 Å². The Labute approximate surface area is 203 Å². The molecule has 2 amide bonds. The van der Waals surface area contributed by atoms with Gasteiger partial charge in [-0.25, -0.2) is 9.78 Å². The Morgan fingerprint density at radius 1 is 0.941 bits per heavy atom. The number of benzene rings is 3. The number of hydrogen-bond donors (Lipinski definition) is 3. The van der Waals surface area contributed by atoms with E-state index in [0.717, 1.165) is 39.1 Å². The number of aliphatic carboxylic acids is 1. The molecule has 0 saturated heterocycles. The molecule has 3 N–H and O–H groups in total. The average Bonchev–Trinajstić information content (AvgIpc) is 3.30. The van der Waals surface area contributed by atoms with E-state index < -0.39 is 11.9 Å². The molecule has 3 aromatic carbocycles. The summed E-state index contributed by atoms with van der Waals surface area (Å²) in [6, 6.07) is 21.2. The van der Waals surface area contributed by atoms with Crippen molar-refractivity contribution in [2.75, 3.05) is 16.4 Å². The number of carboxylic acid groups (broad SMARTS) is 1. The molecule has 0 fully saturated rings. The Hall–Kier alpha value is -3.95. The van der Waals surface area contributed by atoms with Gasteiger partial charge in [0.2, 0.25) is 11.8 Å². The summed E-state index contributed by atoms with van der Waals surface area (Å²) in [6.07, 6.45) is 1.71. The molecule has 7 nitrogen and oxygen atoms in total. The van der Waals surface area contributed by atoms with Crippen molar-refractivity contribution in [2.24, 2.45) is 0 Å². The second-order valence-electron chi connectivity index (χ2n) is 7.12. The second-order valence-corrected chi connectivity index (χ2v) is 9.03. The van der Waals surface area contributed by atoms with Crippen LogP contribution in [0.3, 0.4) is 0 Å². The van der Waals surface area contributed by atoms with E-state index in [-0.39, 0.29) is 11.7 Å². The molecule has 0 unspecified atom stereocenters. The molecule has 0 saturated carbocycles. The number of anilines is 2. The van der Waals surface area contributed by atoms with Crippen LogP contribution in [-0.4, -0.2) is 33.6 Å². The second kappa shape index (κ2) is 10.8. The first kappa shape index (κ1) is 23.2. The van der Waals surface area contributed by atoms with Crippen LogP contribution in [-0.2, 0) is 14.4 Å². The summed E-state index contributed by atoms with van der Waals surface area (Å²) in [5, 5.41) is 18.7. The molecule has 0 atom stereocenters.